The van der Waals surface area contributed by atoms with Gasteiger partial charge in [-0.1, -0.05) is 13.8 Å². The molecule has 1 atom stereocenters. The number of rotatable bonds is 6. The first-order chi connectivity index (χ1) is 5.54. The Hall–Kier alpha value is -0.160. The monoisotopic (exact) mass is 176 g/mol. The number of hydrogen-bond donors (Lipinski definition) is 4. The van der Waals surface area contributed by atoms with Crippen molar-refractivity contribution in [1.29, 1.82) is 0 Å². The number of aliphatic hydroxyl groups excluding tert-OH is 2. The van der Waals surface area contributed by atoms with Gasteiger partial charge in [0.15, 0.2) is 0 Å². The standard InChI is InChI=1S/C8H20N2O2/c1-8(2,6-9)7(12)10-4-3-5-11/h7,10-12H,3-6,9H2,1-2H3. The molecular formula is C8H20N2O2. The van der Waals surface area contributed by atoms with Gasteiger partial charge in [-0.25, -0.2) is 0 Å². The molecule has 0 bridgehead atoms. The third kappa shape index (κ3) is 4.01. The summed E-state index contributed by atoms with van der Waals surface area (Å²) in [6.07, 6.45) is 0.0478. The van der Waals surface area contributed by atoms with E-state index in [0.717, 1.165) is 0 Å². The molecule has 0 aromatic carbocycles. The first kappa shape index (κ1) is 11.8. The molecule has 74 valence electrons. The third-order valence-corrected chi connectivity index (χ3v) is 1.94. The maximum Gasteiger partial charge on any atom is 0.111 e. The van der Waals surface area contributed by atoms with Gasteiger partial charge in [0.25, 0.3) is 0 Å². The Bertz CT molecular complexity index is 118. The van der Waals surface area contributed by atoms with E-state index in [-0.39, 0.29) is 12.0 Å². The minimum atomic E-state index is -0.603. The smallest absolute Gasteiger partial charge is 0.111 e. The predicted octanol–water partition coefficient (Wildman–Crippen LogP) is -0.738. The van der Waals surface area contributed by atoms with Crippen LogP contribution >= 0.6 is 0 Å². The van der Waals surface area contributed by atoms with Gasteiger partial charge in [-0.05, 0) is 13.0 Å². The highest BCUT2D eigenvalue weighted by molar-refractivity contribution is 4.76. The number of nitrogens with one attached hydrogen (secondary N) is 1. The minimum absolute atomic E-state index is 0.142. The van der Waals surface area contributed by atoms with Gasteiger partial charge >= 0.3 is 0 Å². The van der Waals surface area contributed by atoms with Crippen LogP contribution in [0.25, 0.3) is 0 Å². The zero-order valence-electron chi connectivity index (χ0n) is 7.88. The summed E-state index contributed by atoms with van der Waals surface area (Å²) in [7, 11) is 0. The Morgan fingerprint density at radius 2 is 2.08 bits per heavy atom. The Balaban J connectivity index is 3.63. The van der Waals surface area contributed by atoms with Gasteiger partial charge in [-0.15, -0.1) is 0 Å². The first-order valence-corrected chi connectivity index (χ1v) is 4.27. The van der Waals surface area contributed by atoms with Crippen molar-refractivity contribution in [2.45, 2.75) is 26.5 Å². The normalized spacial score (nSPS) is 14.8. The molecule has 0 spiro atoms. The molecule has 4 nitrogen and oxygen atoms in total. The number of aliphatic hydroxyl groups is 2. The second-order valence-electron chi connectivity index (χ2n) is 3.63. The van der Waals surface area contributed by atoms with Gasteiger partial charge in [0, 0.05) is 18.6 Å². The summed E-state index contributed by atoms with van der Waals surface area (Å²) >= 11 is 0. The second kappa shape index (κ2) is 5.48. The highest BCUT2D eigenvalue weighted by Gasteiger charge is 2.25. The molecule has 5 N–H and O–H groups in total. The molecular weight excluding hydrogens is 156 g/mol. The fourth-order valence-corrected chi connectivity index (χ4v) is 0.706. The molecule has 0 aromatic heterocycles. The molecule has 0 amide bonds. The van der Waals surface area contributed by atoms with E-state index in [2.05, 4.69) is 5.32 Å². The van der Waals surface area contributed by atoms with Crippen LogP contribution in [-0.4, -0.2) is 36.1 Å². The van der Waals surface area contributed by atoms with Crippen molar-refractivity contribution in [3.8, 4) is 0 Å². The van der Waals surface area contributed by atoms with Crippen LogP contribution in [0.4, 0.5) is 0 Å². The van der Waals surface area contributed by atoms with Gasteiger partial charge in [0.2, 0.25) is 0 Å². The van der Waals surface area contributed by atoms with Gasteiger partial charge in [-0.2, -0.15) is 0 Å². The highest BCUT2D eigenvalue weighted by Crippen LogP contribution is 2.16. The molecule has 0 aromatic rings. The van der Waals surface area contributed by atoms with E-state index in [4.69, 9.17) is 10.8 Å². The lowest BCUT2D eigenvalue weighted by molar-refractivity contribution is 0.0263. The molecule has 0 heterocycles. The lowest BCUT2D eigenvalue weighted by Crippen LogP contribution is -2.46. The van der Waals surface area contributed by atoms with E-state index in [9.17, 15) is 5.11 Å². The third-order valence-electron chi connectivity index (χ3n) is 1.94. The first-order valence-electron chi connectivity index (χ1n) is 4.27. The van der Waals surface area contributed by atoms with Crippen LogP contribution in [0.2, 0.25) is 0 Å². The largest absolute Gasteiger partial charge is 0.396 e. The van der Waals surface area contributed by atoms with Crippen molar-refractivity contribution in [2.75, 3.05) is 19.7 Å². The van der Waals surface area contributed by atoms with Crippen LogP contribution in [0.15, 0.2) is 0 Å². The highest BCUT2D eigenvalue weighted by atomic mass is 16.3. The van der Waals surface area contributed by atoms with E-state index < -0.39 is 6.23 Å². The fourth-order valence-electron chi connectivity index (χ4n) is 0.706. The van der Waals surface area contributed by atoms with Crippen molar-refractivity contribution in [1.82, 2.24) is 5.32 Å². The summed E-state index contributed by atoms with van der Waals surface area (Å²) in [5.41, 5.74) is 5.15. The minimum Gasteiger partial charge on any atom is -0.396 e. The van der Waals surface area contributed by atoms with E-state index in [1.165, 1.54) is 0 Å². The van der Waals surface area contributed by atoms with E-state index in [0.29, 0.717) is 19.5 Å². The molecule has 0 saturated heterocycles. The maximum atomic E-state index is 9.53. The van der Waals surface area contributed by atoms with Crippen LogP contribution in [-0.2, 0) is 0 Å². The lowest BCUT2D eigenvalue weighted by Gasteiger charge is -2.29. The van der Waals surface area contributed by atoms with Crippen LogP contribution in [0.5, 0.6) is 0 Å². The zero-order chi connectivity index (χ0) is 9.61. The average Bonchev–Trinajstić information content (AvgIpc) is 2.05. The molecule has 0 radical (unpaired) electrons. The molecule has 0 saturated carbocycles. The molecule has 4 heteroatoms. The quantitative estimate of drug-likeness (QED) is 0.317. The summed E-state index contributed by atoms with van der Waals surface area (Å²) < 4.78 is 0. The molecule has 0 fully saturated rings. The zero-order valence-corrected chi connectivity index (χ0v) is 7.88. The fraction of sp³-hybridized carbons (Fsp3) is 1.00. The molecule has 0 aliphatic heterocycles. The van der Waals surface area contributed by atoms with Gasteiger partial charge in [0.05, 0.1) is 0 Å². The lowest BCUT2D eigenvalue weighted by atomic mass is 9.91. The molecule has 1 unspecified atom stereocenters. The van der Waals surface area contributed by atoms with Crippen molar-refractivity contribution in [3.63, 3.8) is 0 Å². The van der Waals surface area contributed by atoms with Crippen LogP contribution in [0.3, 0.4) is 0 Å². The van der Waals surface area contributed by atoms with E-state index in [1.54, 1.807) is 0 Å². The molecule has 0 aliphatic rings. The molecule has 12 heavy (non-hydrogen) atoms. The molecule has 0 aliphatic carbocycles. The second-order valence-corrected chi connectivity index (χ2v) is 3.63. The average molecular weight is 176 g/mol. The van der Waals surface area contributed by atoms with Crippen LogP contribution < -0.4 is 11.1 Å². The summed E-state index contributed by atoms with van der Waals surface area (Å²) in [6, 6.07) is 0. The summed E-state index contributed by atoms with van der Waals surface area (Å²) in [4.78, 5) is 0. The number of hydrogen-bond acceptors (Lipinski definition) is 4. The SMILES string of the molecule is CC(C)(CN)C(O)NCCCO. The Morgan fingerprint density at radius 1 is 1.50 bits per heavy atom. The Kier molecular flexibility index (Phi) is 5.41. The van der Waals surface area contributed by atoms with Gasteiger partial charge < -0.3 is 15.9 Å². The van der Waals surface area contributed by atoms with Gasteiger partial charge in [-0.3, -0.25) is 5.32 Å². The van der Waals surface area contributed by atoms with Crippen molar-refractivity contribution in [2.24, 2.45) is 11.1 Å². The van der Waals surface area contributed by atoms with Crippen molar-refractivity contribution in [3.05, 3.63) is 0 Å². The maximum absolute atomic E-state index is 9.53. The molecule has 0 rings (SSSR count). The Morgan fingerprint density at radius 3 is 2.50 bits per heavy atom. The van der Waals surface area contributed by atoms with Crippen LogP contribution in [0.1, 0.15) is 20.3 Å². The van der Waals surface area contributed by atoms with Crippen molar-refractivity contribution >= 4 is 0 Å². The van der Waals surface area contributed by atoms with Crippen LogP contribution in [0, 0.1) is 5.41 Å². The van der Waals surface area contributed by atoms with Crippen molar-refractivity contribution < 1.29 is 10.2 Å². The van der Waals surface area contributed by atoms with Gasteiger partial charge in [0.1, 0.15) is 6.23 Å². The Labute approximate surface area is 73.8 Å². The summed E-state index contributed by atoms with van der Waals surface area (Å²) in [5.74, 6) is 0. The summed E-state index contributed by atoms with van der Waals surface area (Å²) in [5, 5.41) is 20.9. The summed E-state index contributed by atoms with van der Waals surface area (Å²) in [6.45, 7) is 4.97. The van der Waals surface area contributed by atoms with E-state index in [1.807, 2.05) is 13.8 Å². The predicted molar refractivity (Wildman–Crippen MR) is 48.5 cm³/mol. The topological polar surface area (TPSA) is 78.5 Å². The van der Waals surface area contributed by atoms with E-state index >= 15 is 0 Å². The number of nitrogens with two attached hydrogens (primary N) is 1.